The number of nitrogens with zero attached hydrogens (tertiary/aromatic N) is 5. The lowest BCUT2D eigenvalue weighted by Crippen LogP contribution is -2.51. The number of rotatable bonds is 6. The highest BCUT2D eigenvalue weighted by atomic mass is 15.3. The fraction of sp³-hybridized carbons (Fsp3) is 0.294. The van der Waals surface area contributed by atoms with Crippen molar-refractivity contribution in [2.45, 2.75) is 6.54 Å². The van der Waals surface area contributed by atoms with Crippen LogP contribution in [0.3, 0.4) is 0 Å². The van der Waals surface area contributed by atoms with Crippen molar-refractivity contribution in [2.75, 3.05) is 24.5 Å². The average Bonchev–Trinajstić information content (AvgIpc) is 3.11. The van der Waals surface area contributed by atoms with E-state index >= 15 is 0 Å². The summed E-state index contributed by atoms with van der Waals surface area (Å²) in [6.45, 7) is 3.85. The molecule has 122 valence electrons. The minimum absolute atomic E-state index is 0.648. The molecule has 3 aromatic heterocycles. The molecule has 0 radical (unpaired) electrons. The molecule has 3 aromatic rings. The number of H-pyrrole nitrogens is 1. The summed E-state index contributed by atoms with van der Waals surface area (Å²) in [5.74, 6) is 1.59. The van der Waals surface area contributed by atoms with Crippen molar-refractivity contribution in [3.63, 3.8) is 0 Å². The first-order valence-electron chi connectivity index (χ1n) is 8.05. The molecule has 0 bridgehead atoms. The Morgan fingerprint density at radius 1 is 1.08 bits per heavy atom. The molecule has 1 saturated heterocycles. The zero-order valence-electron chi connectivity index (χ0n) is 13.3. The SMILES string of the molecule is c1cc(-c2ccc(N3CC(CNCc4cnc[nH]4)C3)nn2)ccn1. The molecule has 1 fully saturated rings. The predicted molar refractivity (Wildman–Crippen MR) is 91.3 cm³/mol. The molecule has 0 atom stereocenters. The Bertz CT molecular complexity index is 749. The van der Waals surface area contributed by atoms with Crippen LogP contribution >= 0.6 is 0 Å². The maximum atomic E-state index is 4.35. The van der Waals surface area contributed by atoms with Crippen molar-refractivity contribution in [2.24, 2.45) is 5.92 Å². The Kier molecular flexibility index (Phi) is 4.16. The van der Waals surface area contributed by atoms with Crippen LogP contribution in [0.1, 0.15) is 5.69 Å². The zero-order chi connectivity index (χ0) is 16.2. The fourth-order valence-electron chi connectivity index (χ4n) is 2.85. The maximum absolute atomic E-state index is 4.35. The van der Waals surface area contributed by atoms with Gasteiger partial charge in [-0.2, -0.15) is 0 Å². The molecule has 1 aliphatic rings. The maximum Gasteiger partial charge on any atom is 0.151 e. The van der Waals surface area contributed by atoms with Crippen LogP contribution in [-0.4, -0.2) is 44.8 Å². The quantitative estimate of drug-likeness (QED) is 0.716. The van der Waals surface area contributed by atoms with E-state index in [0.717, 1.165) is 48.9 Å². The lowest BCUT2D eigenvalue weighted by Gasteiger charge is -2.40. The second kappa shape index (κ2) is 6.76. The van der Waals surface area contributed by atoms with E-state index in [9.17, 15) is 0 Å². The molecule has 4 heterocycles. The Morgan fingerprint density at radius 3 is 2.67 bits per heavy atom. The fourth-order valence-corrected chi connectivity index (χ4v) is 2.85. The lowest BCUT2D eigenvalue weighted by molar-refractivity contribution is 0.381. The van der Waals surface area contributed by atoms with Gasteiger partial charge in [0.25, 0.3) is 0 Å². The molecular formula is C17H19N7. The molecule has 0 saturated carbocycles. The van der Waals surface area contributed by atoms with Gasteiger partial charge in [-0.15, -0.1) is 10.2 Å². The molecule has 7 heteroatoms. The molecule has 0 amide bonds. The summed E-state index contributed by atoms with van der Waals surface area (Å²) in [5.41, 5.74) is 3.02. The molecule has 4 rings (SSSR count). The van der Waals surface area contributed by atoms with Gasteiger partial charge in [0.1, 0.15) is 0 Å². The Balaban J connectivity index is 1.26. The van der Waals surface area contributed by atoms with E-state index in [-0.39, 0.29) is 0 Å². The predicted octanol–water partition coefficient (Wildman–Crippen LogP) is 1.49. The monoisotopic (exact) mass is 321 g/mol. The Labute approximate surface area is 140 Å². The van der Waals surface area contributed by atoms with Gasteiger partial charge in [-0.05, 0) is 24.3 Å². The Hall–Kier alpha value is -2.80. The van der Waals surface area contributed by atoms with E-state index in [0.29, 0.717) is 5.92 Å². The summed E-state index contributed by atoms with van der Waals surface area (Å²) in [4.78, 5) is 13.4. The summed E-state index contributed by atoms with van der Waals surface area (Å²) in [7, 11) is 0. The van der Waals surface area contributed by atoms with E-state index in [1.54, 1.807) is 18.7 Å². The van der Waals surface area contributed by atoms with Gasteiger partial charge in [0.15, 0.2) is 5.82 Å². The van der Waals surface area contributed by atoms with Crippen LogP contribution in [0.2, 0.25) is 0 Å². The average molecular weight is 321 g/mol. The topological polar surface area (TPSA) is 82.6 Å². The van der Waals surface area contributed by atoms with Gasteiger partial charge in [-0.3, -0.25) is 4.98 Å². The summed E-state index contributed by atoms with van der Waals surface area (Å²) >= 11 is 0. The highest BCUT2D eigenvalue weighted by Gasteiger charge is 2.27. The van der Waals surface area contributed by atoms with Crippen LogP contribution in [0.25, 0.3) is 11.3 Å². The first-order chi connectivity index (χ1) is 11.9. The van der Waals surface area contributed by atoms with Crippen molar-refractivity contribution < 1.29 is 0 Å². The van der Waals surface area contributed by atoms with Gasteiger partial charge in [-0.25, -0.2) is 4.98 Å². The van der Waals surface area contributed by atoms with Gasteiger partial charge in [0.05, 0.1) is 12.0 Å². The smallest absolute Gasteiger partial charge is 0.151 e. The highest BCUT2D eigenvalue weighted by Crippen LogP contribution is 2.23. The van der Waals surface area contributed by atoms with Gasteiger partial charge >= 0.3 is 0 Å². The molecule has 0 spiro atoms. The van der Waals surface area contributed by atoms with Gasteiger partial charge in [-0.1, -0.05) is 0 Å². The summed E-state index contributed by atoms with van der Waals surface area (Å²) in [6, 6.07) is 7.93. The molecule has 0 aliphatic carbocycles. The summed E-state index contributed by atoms with van der Waals surface area (Å²) in [5, 5.41) is 12.1. The number of imidazole rings is 1. The number of hydrogen-bond acceptors (Lipinski definition) is 6. The third-order valence-electron chi connectivity index (χ3n) is 4.21. The molecule has 1 aliphatic heterocycles. The number of hydrogen-bond donors (Lipinski definition) is 2. The first kappa shape index (κ1) is 14.8. The molecule has 0 unspecified atom stereocenters. The number of aromatic nitrogens is 5. The standard InChI is InChI=1S/C17H19N7/c1-2-17(23-22-16(1)14-3-5-18-6-4-14)24-10-13(11-24)7-19-8-15-9-20-12-21-15/h1-6,9,12-13,19H,7-8,10-11H2,(H,20,21). The van der Waals surface area contributed by atoms with E-state index < -0.39 is 0 Å². The van der Waals surface area contributed by atoms with Crippen LogP contribution < -0.4 is 10.2 Å². The molecule has 24 heavy (non-hydrogen) atoms. The van der Waals surface area contributed by atoms with Crippen LogP contribution in [0.5, 0.6) is 0 Å². The van der Waals surface area contributed by atoms with E-state index in [4.69, 9.17) is 0 Å². The first-order valence-corrected chi connectivity index (χ1v) is 8.05. The number of anilines is 1. The number of nitrogens with one attached hydrogen (secondary N) is 2. The van der Waals surface area contributed by atoms with Gasteiger partial charge < -0.3 is 15.2 Å². The lowest BCUT2D eigenvalue weighted by atomic mass is 10.0. The normalized spacial score (nSPS) is 14.6. The van der Waals surface area contributed by atoms with E-state index in [1.807, 2.05) is 30.5 Å². The number of pyridine rings is 1. The van der Waals surface area contributed by atoms with Crippen molar-refractivity contribution in [1.29, 1.82) is 0 Å². The van der Waals surface area contributed by atoms with E-state index in [1.165, 1.54) is 0 Å². The van der Waals surface area contributed by atoms with Crippen LogP contribution in [0, 0.1) is 5.92 Å². The third-order valence-corrected chi connectivity index (χ3v) is 4.21. The largest absolute Gasteiger partial charge is 0.354 e. The van der Waals surface area contributed by atoms with Crippen LogP contribution in [-0.2, 0) is 6.54 Å². The van der Waals surface area contributed by atoms with Crippen molar-refractivity contribution in [1.82, 2.24) is 30.5 Å². The molecule has 7 nitrogen and oxygen atoms in total. The van der Waals surface area contributed by atoms with Gasteiger partial charge in [0.2, 0.25) is 0 Å². The third kappa shape index (κ3) is 3.26. The second-order valence-corrected chi connectivity index (χ2v) is 5.99. The van der Waals surface area contributed by atoms with Crippen LogP contribution in [0.4, 0.5) is 5.82 Å². The molecular weight excluding hydrogens is 302 g/mol. The molecule has 0 aromatic carbocycles. The second-order valence-electron chi connectivity index (χ2n) is 5.99. The Morgan fingerprint density at radius 2 is 1.96 bits per heavy atom. The zero-order valence-corrected chi connectivity index (χ0v) is 13.3. The van der Waals surface area contributed by atoms with Crippen molar-refractivity contribution in [3.8, 4) is 11.3 Å². The van der Waals surface area contributed by atoms with Gasteiger partial charge in [0, 0.05) is 61.9 Å². The number of aromatic amines is 1. The van der Waals surface area contributed by atoms with Crippen molar-refractivity contribution >= 4 is 5.82 Å². The summed E-state index contributed by atoms with van der Waals surface area (Å²) in [6.07, 6.45) is 7.08. The van der Waals surface area contributed by atoms with E-state index in [2.05, 4.69) is 35.4 Å². The molecule has 2 N–H and O–H groups in total. The minimum atomic E-state index is 0.648. The van der Waals surface area contributed by atoms with Crippen LogP contribution in [0.15, 0.2) is 49.2 Å². The minimum Gasteiger partial charge on any atom is -0.354 e. The summed E-state index contributed by atoms with van der Waals surface area (Å²) < 4.78 is 0. The highest BCUT2D eigenvalue weighted by molar-refractivity contribution is 5.59. The van der Waals surface area contributed by atoms with Crippen molar-refractivity contribution in [3.05, 3.63) is 54.9 Å².